The monoisotopic (exact) mass is 139 g/mol. The molecular weight excluding hydrogens is 122 g/mol. The van der Waals surface area contributed by atoms with E-state index in [-0.39, 0.29) is 0 Å². The molecule has 1 heteroatoms. The van der Waals surface area contributed by atoms with Gasteiger partial charge in [0.05, 0.1) is 0 Å². The van der Waals surface area contributed by atoms with Crippen LogP contribution in [0, 0.1) is 11.8 Å². The average molecular weight is 139 g/mol. The van der Waals surface area contributed by atoms with Crippen molar-refractivity contribution in [3.8, 4) is 0 Å². The second-order valence-corrected chi connectivity index (χ2v) is 3.17. The minimum absolute atomic E-state index is 0.759. The first-order chi connectivity index (χ1) is 4.86. The third kappa shape index (κ3) is 1.84. The highest BCUT2D eigenvalue weighted by Gasteiger charge is 2.14. The standard InChI is InChI=1S/C9H17N/c1-2-8-4-3-5-9(6-8)7-10/h3-4,8-9H,2,5-7,10H2,1H3/t8-,9+/m0/s1. The average Bonchev–Trinajstić information content (AvgIpc) is 2.05. The van der Waals surface area contributed by atoms with Gasteiger partial charge in [-0.05, 0) is 37.6 Å². The molecule has 0 aromatic carbocycles. The van der Waals surface area contributed by atoms with Gasteiger partial charge < -0.3 is 5.73 Å². The molecule has 2 atom stereocenters. The normalized spacial score (nSPS) is 32.6. The summed E-state index contributed by atoms with van der Waals surface area (Å²) in [6.45, 7) is 3.11. The van der Waals surface area contributed by atoms with E-state index in [0.29, 0.717) is 0 Å². The van der Waals surface area contributed by atoms with Crippen LogP contribution in [0.3, 0.4) is 0 Å². The molecule has 0 saturated heterocycles. The van der Waals surface area contributed by atoms with Crippen LogP contribution in [-0.4, -0.2) is 6.54 Å². The Morgan fingerprint density at radius 3 is 3.00 bits per heavy atom. The molecule has 0 aromatic heterocycles. The maximum Gasteiger partial charge on any atom is -0.00457 e. The maximum absolute atomic E-state index is 5.59. The van der Waals surface area contributed by atoms with Gasteiger partial charge in [0.25, 0.3) is 0 Å². The summed E-state index contributed by atoms with van der Waals surface area (Å²) in [6.07, 6.45) is 8.41. The van der Waals surface area contributed by atoms with Crippen molar-refractivity contribution in [2.45, 2.75) is 26.2 Å². The summed E-state index contributed by atoms with van der Waals surface area (Å²) in [4.78, 5) is 0. The van der Waals surface area contributed by atoms with E-state index < -0.39 is 0 Å². The van der Waals surface area contributed by atoms with Crippen molar-refractivity contribution < 1.29 is 0 Å². The lowest BCUT2D eigenvalue weighted by Gasteiger charge is -2.22. The molecule has 0 spiro atoms. The van der Waals surface area contributed by atoms with E-state index in [4.69, 9.17) is 5.73 Å². The second-order valence-electron chi connectivity index (χ2n) is 3.17. The Hall–Kier alpha value is -0.300. The smallest absolute Gasteiger partial charge is 0.00457 e. The van der Waals surface area contributed by atoms with Gasteiger partial charge in [-0.15, -0.1) is 0 Å². The highest BCUT2D eigenvalue weighted by molar-refractivity contribution is 4.95. The van der Waals surface area contributed by atoms with Crippen LogP contribution >= 0.6 is 0 Å². The highest BCUT2D eigenvalue weighted by atomic mass is 14.5. The third-order valence-corrected chi connectivity index (χ3v) is 2.37. The lowest BCUT2D eigenvalue weighted by atomic mass is 9.85. The fraction of sp³-hybridized carbons (Fsp3) is 0.778. The predicted octanol–water partition coefficient (Wildman–Crippen LogP) is 1.94. The van der Waals surface area contributed by atoms with Gasteiger partial charge >= 0.3 is 0 Å². The minimum Gasteiger partial charge on any atom is -0.330 e. The number of rotatable bonds is 2. The molecular formula is C9H17N. The topological polar surface area (TPSA) is 26.0 Å². The molecule has 0 heterocycles. The van der Waals surface area contributed by atoms with Crippen molar-refractivity contribution >= 4 is 0 Å². The van der Waals surface area contributed by atoms with Crippen molar-refractivity contribution in [1.29, 1.82) is 0 Å². The molecule has 0 bridgehead atoms. The molecule has 2 N–H and O–H groups in total. The lowest BCUT2D eigenvalue weighted by molar-refractivity contribution is 0.399. The van der Waals surface area contributed by atoms with Crippen molar-refractivity contribution in [2.75, 3.05) is 6.54 Å². The molecule has 10 heavy (non-hydrogen) atoms. The van der Waals surface area contributed by atoms with Gasteiger partial charge in [0, 0.05) is 0 Å². The summed E-state index contributed by atoms with van der Waals surface area (Å²) in [5, 5.41) is 0. The van der Waals surface area contributed by atoms with Crippen LogP contribution in [0.1, 0.15) is 26.2 Å². The Labute approximate surface area is 63.3 Å². The quantitative estimate of drug-likeness (QED) is 0.581. The molecule has 0 fully saturated rings. The van der Waals surface area contributed by atoms with Crippen LogP contribution in [0.2, 0.25) is 0 Å². The van der Waals surface area contributed by atoms with Gasteiger partial charge in [-0.1, -0.05) is 19.1 Å². The Morgan fingerprint density at radius 2 is 2.40 bits per heavy atom. The first kappa shape index (κ1) is 7.80. The molecule has 1 aliphatic rings. The number of allylic oxidation sites excluding steroid dienone is 2. The van der Waals surface area contributed by atoms with Crippen LogP contribution in [0.25, 0.3) is 0 Å². The van der Waals surface area contributed by atoms with Gasteiger partial charge in [0.1, 0.15) is 0 Å². The molecule has 1 rings (SSSR count). The Morgan fingerprint density at radius 1 is 1.60 bits per heavy atom. The molecule has 0 aliphatic heterocycles. The van der Waals surface area contributed by atoms with Gasteiger partial charge in [-0.2, -0.15) is 0 Å². The van der Waals surface area contributed by atoms with Crippen molar-refractivity contribution in [2.24, 2.45) is 17.6 Å². The summed E-state index contributed by atoms with van der Waals surface area (Å²) in [6, 6.07) is 0. The van der Waals surface area contributed by atoms with Crippen molar-refractivity contribution in [3.05, 3.63) is 12.2 Å². The van der Waals surface area contributed by atoms with E-state index in [0.717, 1.165) is 18.4 Å². The zero-order chi connectivity index (χ0) is 7.40. The third-order valence-electron chi connectivity index (χ3n) is 2.37. The molecule has 0 radical (unpaired) electrons. The first-order valence-electron chi connectivity index (χ1n) is 4.23. The SMILES string of the molecule is CC[C@H]1C=CC[C@@H](CN)C1. The summed E-state index contributed by atoms with van der Waals surface area (Å²) < 4.78 is 0. The molecule has 58 valence electrons. The Kier molecular flexibility index (Phi) is 2.94. The van der Waals surface area contributed by atoms with E-state index in [2.05, 4.69) is 19.1 Å². The van der Waals surface area contributed by atoms with Crippen LogP contribution < -0.4 is 5.73 Å². The summed E-state index contributed by atoms with van der Waals surface area (Å²) >= 11 is 0. The van der Waals surface area contributed by atoms with Crippen molar-refractivity contribution in [1.82, 2.24) is 0 Å². The molecule has 1 aliphatic carbocycles. The van der Waals surface area contributed by atoms with Crippen LogP contribution in [0.5, 0.6) is 0 Å². The van der Waals surface area contributed by atoms with E-state index in [1.807, 2.05) is 0 Å². The Balaban J connectivity index is 2.38. The van der Waals surface area contributed by atoms with Gasteiger partial charge in [-0.25, -0.2) is 0 Å². The molecule has 0 unspecified atom stereocenters. The highest BCUT2D eigenvalue weighted by Crippen LogP contribution is 2.24. The number of nitrogens with two attached hydrogens (primary N) is 1. The summed E-state index contributed by atoms with van der Waals surface area (Å²) in [5.41, 5.74) is 5.59. The van der Waals surface area contributed by atoms with E-state index in [1.54, 1.807) is 0 Å². The van der Waals surface area contributed by atoms with Gasteiger partial charge in [-0.3, -0.25) is 0 Å². The number of hydrogen-bond donors (Lipinski definition) is 1. The van der Waals surface area contributed by atoms with Crippen molar-refractivity contribution in [3.63, 3.8) is 0 Å². The summed E-state index contributed by atoms with van der Waals surface area (Å²) in [5.74, 6) is 1.57. The fourth-order valence-corrected chi connectivity index (χ4v) is 1.56. The molecule has 0 amide bonds. The van der Waals surface area contributed by atoms with Gasteiger partial charge in [0.2, 0.25) is 0 Å². The van der Waals surface area contributed by atoms with Crippen LogP contribution in [-0.2, 0) is 0 Å². The first-order valence-corrected chi connectivity index (χ1v) is 4.23. The van der Waals surface area contributed by atoms with Crippen LogP contribution in [0.15, 0.2) is 12.2 Å². The second kappa shape index (κ2) is 3.77. The maximum atomic E-state index is 5.59. The zero-order valence-corrected chi connectivity index (χ0v) is 6.72. The zero-order valence-electron chi connectivity index (χ0n) is 6.72. The molecule has 0 aromatic rings. The minimum atomic E-state index is 0.759. The van der Waals surface area contributed by atoms with Crippen LogP contribution in [0.4, 0.5) is 0 Å². The van der Waals surface area contributed by atoms with E-state index >= 15 is 0 Å². The largest absolute Gasteiger partial charge is 0.330 e. The fourth-order valence-electron chi connectivity index (χ4n) is 1.56. The number of hydrogen-bond acceptors (Lipinski definition) is 1. The molecule has 0 saturated carbocycles. The van der Waals surface area contributed by atoms with E-state index in [1.165, 1.54) is 19.3 Å². The van der Waals surface area contributed by atoms with E-state index in [9.17, 15) is 0 Å². The lowest BCUT2D eigenvalue weighted by Crippen LogP contribution is -2.19. The Bertz CT molecular complexity index is 118. The predicted molar refractivity (Wildman–Crippen MR) is 44.7 cm³/mol. The molecule has 1 nitrogen and oxygen atoms in total. The summed E-state index contributed by atoms with van der Waals surface area (Å²) in [7, 11) is 0. The van der Waals surface area contributed by atoms with Gasteiger partial charge in [0.15, 0.2) is 0 Å².